The fraction of sp³-hybridized carbons (Fsp3) is 0.533. The number of hydrogen-bond acceptors (Lipinski definition) is 2. The second-order valence-electron chi connectivity index (χ2n) is 5.29. The van der Waals surface area contributed by atoms with E-state index in [4.69, 9.17) is 5.11 Å². The monoisotopic (exact) mass is 247 g/mol. The van der Waals surface area contributed by atoms with E-state index in [9.17, 15) is 4.79 Å². The molecule has 0 amide bonds. The van der Waals surface area contributed by atoms with E-state index < -0.39 is 5.97 Å². The van der Waals surface area contributed by atoms with Crippen molar-refractivity contribution in [2.75, 3.05) is 20.1 Å². The minimum Gasteiger partial charge on any atom is -0.478 e. The van der Waals surface area contributed by atoms with Gasteiger partial charge in [0.05, 0.1) is 5.56 Å². The van der Waals surface area contributed by atoms with Crippen molar-refractivity contribution < 1.29 is 9.90 Å². The standard InChI is InChI=1S/C15H21NO2/c1-16-10-8-13(9-11-16)3-2-12-4-6-14(7-5-12)15(17)18/h4-7,13H,2-3,8-11H2,1H3,(H,17,18). The third-order valence-electron chi connectivity index (χ3n) is 3.88. The zero-order chi connectivity index (χ0) is 13.0. The van der Waals surface area contributed by atoms with Crippen LogP contribution in [0.3, 0.4) is 0 Å². The molecule has 1 saturated heterocycles. The summed E-state index contributed by atoms with van der Waals surface area (Å²) in [4.78, 5) is 13.1. The van der Waals surface area contributed by atoms with E-state index in [2.05, 4.69) is 11.9 Å². The first-order valence-electron chi connectivity index (χ1n) is 6.66. The zero-order valence-corrected chi connectivity index (χ0v) is 10.9. The van der Waals surface area contributed by atoms with Crippen LogP contribution in [-0.4, -0.2) is 36.1 Å². The summed E-state index contributed by atoms with van der Waals surface area (Å²) in [6.45, 7) is 2.42. The lowest BCUT2D eigenvalue weighted by molar-refractivity contribution is 0.0697. The smallest absolute Gasteiger partial charge is 0.335 e. The molecule has 0 unspecified atom stereocenters. The Hall–Kier alpha value is -1.35. The summed E-state index contributed by atoms with van der Waals surface area (Å²) in [7, 11) is 2.18. The Balaban J connectivity index is 1.81. The van der Waals surface area contributed by atoms with E-state index in [0.717, 1.165) is 12.3 Å². The number of nitrogens with zero attached hydrogens (tertiary/aromatic N) is 1. The van der Waals surface area contributed by atoms with Gasteiger partial charge >= 0.3 is 5.97 Å². The molecule has 0 bridgehead atoms. The summed E-state index contributed by atoms with van der Waals surface area (Å²) >= 11 is 0. The van der Waals surface area contributed by atoms with E-state index >= 15 is 0 Å². The van der Waals surface area contributed by atoms with Gasteiger partial charge in [-0.15, -0.1) is 0 Å². The molecule has 0 radical (unpaired) electrons. The molecule has 2 rings (SSSR count). The average molecular weight is 247 g/mol. The van der Waals surface area contributed by atoms with Crippen molar-refractivity contribution in [3.05, 3.63) is 35.4 Å². The van der Waals surface area contributed by atoms with Gasteiger partial charge in [-0.1, -0.05) is 12.1 Å². The van der Waals surface area contributed by atoms with Gasteiger partial charge in [0.2, 0.25) is 0 Å². The molecule has 0 saturated carbocycles. The maximum Gasteiger partial charge on any atom is 0.335 e. The van der Waals surface area contributed by atoms with Crippen LogP contribution in [-0.2, 0) is 6.42 Å². The van der Waals surface area contributed by atoms with Gasteiger partial charge in [0.1, 0.15) is 0 Å². The first-order chi connectivity index (χ1) is 8.65. The van der Waals surface area contributed by atoms with Gasteiger partial charge in [-0.05, 0) is 69.4 Å². The second-order valence-corrected chi connectivity index (χ2v) is 5.29. The summed E-state index contributed by atoms with van der Waals surface area (Å²) in [6.07, 6.45) is 4.88. The van der Waals surface area contributed by atoms with Crippen molar-refractivity contribution in [2.24, 2.45) is 5.92 Å². The Morgan fingerprint density at radius 1 is 1.28 bits per heavy atom. The quantitative estimate of drug-likeness (QED) is 0.889. The number of carbonyl (C=O) groups is 1. The molecule has 3 nitrogen and oxygen atoms in total. The Morgan fingerprint density at radius 2 is 1.89 bits per heavy atom. The number of hydrogen-bond donors (Lipinski definition) is 1. The van der Waals surface area contributed by atoms with E-state index in [1.807, 2.05) is 12.1 Å². The van der Waals surface area contributed by atoms with Crippen molar-refractivity contribution in [1.82, 2.24) is 4.90 Å². The Morgan fingerprint density at radius 3 is 2.44 bits per heavy atom. The molecule has 1 aromatic rings. The number of likely N-dealkylation sites (tertiary alicyclic amines) is 1. The summed E-state index contributed by atoms with van der Waals surface area (Å²) in [6, 6.07) is 7.29. The van der Waals surface area contributed by atoms with Crippen LogP contribution in [0.5, 0.6) is 0 Å². The molecular formula is C15H21NO2. The van der Waals surface area contributed by atoms with Crippen LogP contribution < -0.4 is 0 Å². The van der Waals surface area contributed by atoms with Crippen LogP contribution >= 0.6 is 0 Å². The van der Waals surface area contributed by atoms with Gasteiger partial charge in [-0.2, -0.15) is 0 Å². The Bertz CT molecular complexity index is 391. The average Bonchev–Trinajstić information content (AvgIpc) is 2.38. The van der Waals surface area contributed by atoms with Crippen LogP contribution in [0.4, 0.5) is 0 Å². The number of carboxylic acid groups (broad SMARTS) is 1. The van der Waals surface area contributed by atoms with Gasteiger partial charge in [-0.25, -0.2) is 4.79 Å². The SMILES string of the molecule is CN1CCC(CCc2ccc(C(=O)O)cc2)CC1. The Labute approximate surface area is 108 Å². The highest BCUT2D eigenvalue weighted by molar-refractivity contribution is 5.87. The molecule has 0 atom stereocenters. The van der Waals surface area contributed by atoms with Gasteiger partial charge in [0.15, 0.2) is 0 Å². The number of rotatable bonds is 4. The molecule has 1 aliphatic rings. The van der Waals surface area contributed by atoms with Crippen LogP contribution in [0.15, 0.2) is 24.3 Å². The normalized spacial score (nSPS) is 17.8. The van der Waals surface area contributed by atoms with Gasteiger partial charge < -0.3 is 10.0 Å². The highest BCUT2D eigenvalue weighted by Gasteiger charge is 2.16. The summed E-state index contributed by atoms with van der Waals surface area (Å²) in [5, 5.41) is 8.83. The number of carboxylic acids is 1. The van der Waals surface area contributed by atoms with Crippen molar-refractivity contribution in [3.63, 3.8) is 0 Å². The van der Waals surface area contributed by atoms with Crippen LogP contribution in [0, 0.1) is 5.92 Å². The molecule has 1 aromatic carbocycles. The first-order valence-corrected chi connectivity index (χ1v) is 6.66. The van der Waals surface area contributed by atoms with Gasteiger partial charge in [0.25, 0.3) is 0 Å². The number of benzene rings is 1. The highest BCUT2D eigenvalue weighted by atomic mass is 16.4. The lowest BCUT2D eigenvalue weighted by Gasteiger charge is -2.28. The third-order valence-corrected chi connectivity index (χ3v) is 3.88. The summed E-state index contributed by atoms with van der Waals surface area (Å²) in [5.74, 6) is -0.0165. The van der Waals surface area contributed by atoms with Crippen LogP contribution in [0.25, 0.3) is 0 Å². The molecule has 3 heteroatoms. The molecule has 0 spiro atoms. The summed E-state index contributed by atoms with van der Waals surface area (Å²) in [5.41, 5.74) is 1.62. The van der Waals surface area contributed by atoms with Crippen LogP contribution in [0.1, 0.15) is 35.2 Å². The second kappa shape index (κ2) is 6.01. The third kappa shape index (κ3) is 3.57. The zero-order valence-electron chi connectivity index (χ0n) is 10.9. The fourth-order valence-corrected chi connectivity index (χ4v) is 2.54. The molecule has 1 N–H and O–H groups in total. The maximum absolute atomic E-state index is 10.7. The molecule has 0 aliphatic carbocycles. The topological polar surface area (TPSA) is 40.5 Å². The van der Waals surface area contributed by atoms with Gasteiger partial charge in [0, 0.05) is 0 Å². The first kappa shape index (κ1) is 13.1. The Kier molecular flexibility index (Phi) is 4.37. The van der Waals surface area contributed by atoms with Crippen molar-refractivity contribution in [2.45, 2.75) is 25.7 Å². The highest BCUT2D eigenvalue weighted by Crippen LogP contribution is 2.21. The molecule has 1 heterocycles. The maximum atomic E-state index is 10.7. The molecule has 1 aliphatic heterocycles. The van der Waals surface area contributed by atoms with Gasteiger partial charge in [-0.3, -0.25) is 0 Å². The molecule has 18 heavy (non-hydrogen) atoms. The number of aromatic carboxylic acids is 1. The minimum atomic E-state index is -0.850. The predicted molar refractivity (Wildman–Crippen MR) is 71.9 cm³/mol. The minimum absolute atomic E-state index is 0.373. The van der Waals surface area contributed by atoms with E-state index in [-0.39, 0.29) is 0 Å². The summed E-state index contributed by atoms with van der Waals surface area (Å²) < 4.78 is 0. The lowest BCUT2D eigenvalue weighted by Crippen LogP contribution is -2.30. The molecule has 1 fully saturated rings. The van der Waals surface area contributed by atoms with E-state index in [1.165, 1.54) is 37.9 Å². The lowest BCUT2D eigenvalue weighted by atomic mass is 9.90. The fourth-order valence-electron chi connectivity index (χ4n) is 2.54. The van der Waals surface area contributed by atoms with E-state index in [0.29, 0.717) is 5.56 Å². The molecular weight excluding hydrogens is 226 g/mol. The van der Waals surface area contributed by atoms with Crippen LogP contribution in [0.2, 0.25) is 0 Å². The number of aryl methyl sites for hydroxylation is 1. The predicted octanol–water partition coefficient (Wildman–Crippen LogP) is 2.66. The van der Waals surface area contributed by atoms with E-state index in [1.54, 1.807) is 12.1 Å². The largest absolute Gasteiger partial charge is 0.478 e. The molecule has 0 aromatic heterocycles. The molecule has 98 valence electrons. The van der Waals surface area contributed by atoms with Crippen molar-refractivity contribution >= 4 is 5.97 Å². The van der Waals surface area contributed by atoms with Crippen molar-refractivity contribution in [1.29, 1.82) is 0 Å². The van der Waals surface area contributed by atoms with Crippen molar-refractivity contribution in [3.8, 4) is 0 Å². The number of piperidine rings is 1.